The Labute approximate surface area is 150 Å². The normalized spacial score (nSPS) is 12.1. The van der Waals surface area contributed by atoms with Crippen LogP contribution in [0.1, 0.15) is 38.7 Å². The van der Waals surface area contributed by atoms with Crippen LogP contribution in [0.25, 0.3) is 0 Å². The Morgan fingerprint density at radius 2 is 2.04 bits per heavy atom. The van der Waals surface area contributed by atoms with Gasteiger partial charge in [-0.15, -0.1) is 0 Å². The first-order chi connectivity index (χ1) is 12.1. The first kappa shape index (κ1) is 20.8. The number of methoxy groups -OCH3 is 1. The Hall–Kier alpha value is -2.27. The fraction of sp³-hybridized carbons (Fsp3) is 0.450. The molecule has 0 heterocycles. The lowest BCUT2D eigenvalue weighted by Gasteiger charge is -2.10. The maximum Gasteiger partial charge on any atom is 0.253 e. The summed E-state index contributed by atoms with van der Waals surface area (Å²) in [7, 11) is 1.70. The summed E-state index contributed by atoms with van der Waals surface area (Å²) in [5.41, 5.74) is 7.80. The molecule has 0 aromatic heterocycles. The summed E-state index contributed by atoms with van der Waals surface area (Å²) in [5, 5.41) is 2.90. The molecule has 1 amide bonds. The third-order valence-electron chi connectivity index (χ3n) is 3.55. The molecule has 0 aliphatic rings. The number of carbonyl (C=O) groups excluding carboxylic acids is 1. The molecule has 3 N–H and O–H groups in total. The molecule has 0 saturated heterocycles. The zero-order valence-corrected chi connectivity index (χ0v) is 15.5. The highest BCUT2D eigenvalue weighted by Crippen LogP contribution is 2.14. The van der Waals surface area contributed by atoms with E-state index in [1.165, 1.54) is 0 Å². The van der Waals surface area contributed by atoms with Crippen molar-refractivity contribution in [2.75, 3.05) is 20.3 Å². The van der Waals surface area contributed by atoms with E-state index >= 15 is 0 Å². The number of unbranched alkanes of at least 4 members (excludes halogenated alkanes) is 1. The highest BCUT2D eigenvalue weighted by molar-refractivity contribution is 5.96. The second-order valence-electron chi connectivity index (χ2n) is 5.79. The van der Waals surface area contributed by atoms with Gasteiger partial charge in [0.15, 0.2) is 0 Å². The number of hydrogen-bond donors (Lipinski definition) is 2. The van der Waals surface area contributed by atoms with Crippen molar-refractivity contribution in [3.05, 3.63) is 53.3 Å². The Bertz CT molecular complexity index is 590. The van der Waals surface area contributed by atoms with E-state index in [0.717, 1.165) is 37.2 Å². The molecule has 0 aliphatic heterocycles. The zero-order chi connectivity index (χ0) is 18.5. The fourth-order valence-electron chi connectivity index (χ4n) is 2.18. The van der Waals surface area contributed by atoms with E-state index in [1.807, 2.05) is 37.3 Å². The summed E-state index contributed by atoms with van der Waals surface area (Å²) < 4.78 is 10.7. The summed E-state index contributed by atoms with van der Waals surface area (Å²) >= 11 is 0. The summed E-state index contributed by atoms with van der Waals surface area (Å²) in [6.07, 6.45) is 6.47. The summed E-state index contributed by atoms with van der Waals surface area (Å²) in [4.78, 5) is 12.3. The number of nitrogens with two attached hydrogens (primary N) is 1. The van der Waals surface area contributed by atoms with Gasteiger partial charge in [-0.2, -0.15) is 0 Å². The van der Waals surface area contributed by atoms with Crippen LogP contribution in [0.3, 0.4) is 0 Å². The second-order valence-corrected chi connectivity index (χ2v) is 5.79. The van der Waals surface area contributed by atoms with Crippen LogP contribution in [0.15, 0.2) is 47.7 Å². The van der Waals surface area contributed by atoms with Gasteiger partial charge in [-0.1, -0.05) is 31.2 Å². The van der Waals surface area contributed by atoms with Gasteiger partial charge >= 0.3 is 0 Å². The van der Waals surface area contributed by atoms with E-state index in [1.54, 1.807) is 20.1 Å². The van der Waals surface area contributed by atoms with Gasteiger partial charge in [-0.25, -0.2) is 0 Å². The van der Waals surface area contributed by atoms with Crippen LogP contribution >= 0.6 is 0 Å². The topological polar surface area (TPSA) is 73.6 Å². The number of rotatable bonds is 11. The third kappa shape index (κ3) is 8.40. The quantitative estimate of drug-likeness (QED) is 0.366. The highest BCUT2D eigenvalue weighted by Gasteiger charge is 2.08. The average molecular weight is 346 g/mol. The van der Waals surface area contributed by atoms with Gasteiger partial charge in [-0.05, 0) is 43.9 Å². The van der Waals surface area contributed by atoms with Crippen molar-refractivity contribution in [1.29, 1.82) is 0 Å². The Kier molecular flexibility index (Phi) is 10.1. The van der Waals surface area contributed by atoms with Crippen LogP contribution < -0.4 is 15.8 Å². The molecular formula is C20H30N2O3. The maximum atomic E-state index is 12.3. The Morgan fingerprint density at radius 1 is 1.28 bits per heavy atom. The van der Waals surface area contributed by atoms with E-state index < -0.39 is 0 Å². The number of ether oxygens (including phenoxy) is 2. The number of nitrogens with one attached hydrogen (secondary N) is 1. The van der Waals surface area contributed by atoms with Crippen LogP contribution in [-0.4, -0.2) is 26.2 Å². The predicted octanol–water partition coefficient (Wildman–Crippen LogP) is 3.31. The Morgan fingerprint density at radius 3 is 2.72 bits per heavy atom. The van der Waals surface area contributed by atoms with Crippen molar-refractivity contribution in [1.82, 2.24) is 5.32 Å². The molecule has 1 aromatic carbocycles. The molecule has 0 fully saturated rings. The minimum atomic E-state index is -0.171. The Balaban J connectivity index is 2.54. The molecule has 0 bridgehead atoms. The summed E-state index contributed by atoms with van der Waals surface area (Å²) in [6.45, 7) is 5.57. The van der Waals surface area contributed by atoms with Gasteiger partial charge in [0.2, 0.25) is 0 Å². The molecule has 5 nitrogen and oxygen atoms in total. The van der Waals surface area contributed by atoms with Gasteiger partial charge in [0.05, 0.1) is 12.2 Å². The van der Waals surface area contributed by atoms with Gasteiger partial charge < -0.3 is 20.5 Å². The van der Waals surface area contributed by atoms with Gasteiger partial charge in [0.1, 0.15) is 5.75 Å². The lowest BCUT2D eigenvalue weighted by atomic mass is 10.1. The first-order valence-corrected chi connectivity index (χ1v) is 8.70. The fourth-order valence-corrected chi connectivity index (χ4v) is 2.18. The number of amides is 1. The van der Waals surface area contributed by atoms with Crippen LogP contribution in [-0.2, 0) is 16.1 Å². The number of allylic oxidation sites excluding steroid dienone is 2. The van der Waals surface area contributed by atoms with E-state index in [2.05, 4.69) is 5.32 Å². The van der Waals surface area contributed by atoms with Crippen LogP contribution in [0.5, 0.6) is 5.75 Å². The van der Waals surface area contributed by atoms with E-state index in [0.29, 0.717) is 24.4 Å². The molecule has 1 aromatic rings. The van der Waals surface area contributed by atoms with Crippen LogP contribution in [0.4, 0.5) is 0 Å². The van der Waals surface area contributed by atoms with Gasteiger partial charge in [0, 0.05) is 26.0 Å². The van der Waals surface area contributed by atoms with E-state index in [-0.39, 0.29) is 5.91 Å². The maximum absolute atomic E-state index is 12.3. The standard InChI is InChI=1S/C20H30N2O3/c1-4-5-11-19(16(2)21)20(23)22-15-17-9-8-10-18(14-17)25-13-7-6-12-24-3/h5,8-11,14H,4,6-7,12-13,15,21H2,1-3H3,(H,22,23)/b11-5-,19-16-. The monoisotopic (exact) mass is 346 g/mol. The van der Waals surface area contributed by atoms with Crippen LogP contribution in [0.2, 0.25) is 0 Å². The summed E-state index contributed by atoms with van der Waals surface area (Å²) in [6, 6.07) is 7.74. The molecule has 0 radical (unpaired) electrons. The second kappa shape index (κ2) is 12.1. The molecular weight excluding hydrogens is 316 g/mol. The number of hydrogen-bond acceptors (Lipinski definition) is 4. The molecule has 1 rings (SSSR count). The van der Waals surface area contributed by atoms with Crippen molar-refractivity contribution in [3.8, 4) is 5.75 Å². The van der Waals surface area contributed by atoms with E-state index in [9.17, 15) is 4.79 Å². The number of benzene rings is 1. The van der Waals surface area contributed by atoms with Crippen molar-refractivity contribution in [3.63, 3.8) is 0 Å². The van der Waals surface area contributed by atoms with Gasteiger partial charge in [-0.3, -0.25) is 4.79 Å². The SMILES string of the molecule is CC/C=C\C(C(=O)NCc1cccc(OCCCCOC)c1)=C(/C)N. The molecule has 0 spiro atoms. The average Bonchev–Trinajstić information content (AvgIpc) is 2.60. The first-order valence-electron chi connectivity index (χ1n) is 8.70. The molecule has 5 heteroatoms. The largest absolute Gasteiger partial charge is 0.494 e. The summed E-state index contributed by atoms with van der Waals surface area (Å²) in [5.74, 6) is 0.636. The molecule has 138 valence electrons. The molecule has 0 aliphatic carbocycles. The van der Waals surface area contributed by atoms with Crippen LogP contribution in [0, 0.1) is 0 Å². The van der Waals surface area contributed by atoms with Crippen molar-refractivity contribution < 1.29 is 14.3 Å². The lowest BCUT2D eigenvalue weighted by molar-refractivity contribution is -0.117. The molecule has 0 saturated carbocycles. The molecule has 0 unspecified atom stereocenters. The third-order valence-corrected chi connectivity index (χ3v) is 3.55. The highest BCUT2D eigenvalue weighted by atomic mass is 16.5. The predicted molar refractivity (Wildman–Crippen MR) is 101 cm³/mol. The molecule has 0 atom stereocenters. The van der Waals surface area contributed by atoms with Gasteiger partial charge in [0.25, 0.3) is 5.91 Å². The molecule has 25 heavy (non-hydrogen) atoms. The zero-order valence-electron chi connectivity index (χ0n) is 15.5. The van der Waals surface area contributed by atoms with Crippen molar-refractivity contribution in [2.45, 2.75) is 39.7 Å². The smallest absolute Gasteiger partial charge is 0.253 e. The number of carbonyl (C=O) groups is 1. The minimum Gasteiger partial charge on any atom is -0.494 e. The van der Waals surface area contributed by atoms with Crippen molar-refractivity contribution >= 4 is 5.91 Å². The lowest BCUT2D eigenvalue weighted by Crippen LogP contribution is -2.25. The van der Waals surface area contributed by atoms with E-state index in [4.69, 9.17) is 15.2 Å². The minimum absolute atomic E-state index is 0.171. The van der Waals surface area contributed by atoms with Crippen molar-refractivity contribution in [2.24, 2.45) is 5.73 Å².